The summed E-state index contributed by atoms with van der Waals surface area (Å²) < 4.78 is 3.77. The number of aliphatic carboxylic acids is 1. The number of hydrogen-bond donors (Lipinski definition) is 1. The zero-order valence-electron chi connectivity index (χ0n) is 13.7. The van der Waals surface area contributed by atoms with E-state index in [1.54, 1.807) is 0 Å². The van der Waals surface area contributed by atoms with Gasteiger partial charge in [-0.3, -0.25) is 0 Å². The van der Waals surface area contributed by atoms with E-state index in [1.807, 2.05) is 0 Å². The van der Waals surface area contributed by atoms with E-state index in [4.69, 9.17) is 16.6 Å². The van der Waals surface area contributed by atoms with Crippen molar-refractivity contribution in [3.8, 4) is 0 Å². The van der Waals surface area contributed by atoms with Gasteiger partial charge in [-0.2, -0.15) is 0 Å². The van der Waals surface area contributed by atoms with Gasteiger partial charge in [0.05, 0.1) is 7.11 Å². The Morgan fingerprint density at radius 2 is 1.38 bits per heavy atom. The molecule has 8 bridgehead atoms. The molecule has 0 amide bonds. The van der Waals surface area contributed by atoms with Gasteiger partial charge >= 0.3 is 33.0 Å². The molecule has 24 heavy (non-hydrogen) atoms. The summed E-state index contributed by atoms with van der Waals surface area (Å²) in [5.74, 6) is 1.82. The van der Waals surface area contributed by atoms with E-state index in [2.05, 4.69) is 4.74 Å². The minimum atomic E-state index is -1.57. The fourth-order valence-electron chi connectivity index (χ4n) is 7.10. The van der Waals surface area contributed by atoms with Gasteiger partial charge in [0.2, 0.25) is 0 Å². The molecule has 7 saturated carbocycles. The zero-order valence-corrected chi connectivity index (χ0v) is 16.0. The van der Waals surface area contributed by atoms with Crippen molar-refractivity contribution < 1.29 is 40.5 Å². The molecular formula is C17H24N2O4Pt. The molecule has 0 spiro atoms. The number of ether oxygens (including phenoxy) is 1. The summed E-state index contributed by atoms with van der Waals surface area (Å²) in [6.07, 6.45) is 7.63. The Hall–Kier alpha value is -0.452. The summed E-state index contributed by atoms with van der Waals surface area (Å²) in [4.78, 5) is 19.1. The summed E-state index contributed by atoms with van der Waals surface area (Å²) in [7, 11) is 1.01. The summed E-state index contributed by atoms with van der Waals surface area (Å²) in [6, 6.07) is 0. The van der Waals surface area contributed by atoms with Gasteiger partial charge in [0.1, 0.15) is 0 Å². The standard InChI is InChI=1S/C14H20N2.C3H4O4.Pt/c15-13-5-7-1-9-10-2-8(4-11(9)13)6-14(13,16)12(10)3-7;1-7-3(6)2(4)5;/h7-12,15-16H,1-6H2;1H3,(H,4,5);/q-2;;+2. The Morgan fingerprint density at radius 1 is 0.958 bits per heavy atom. The fraction of sp³-hybridized carbons (Fsp3) is 0.882. The van der Waals surface area contributed by atoms with Crippen LogP contribution in [0.1, 0.15) is 38.5 Å². The molecule has 7 fully saturated rings. The van der Waals surface area contributed by atoms with Gasteiger partial charge in [-0.15, -0.1) is 11.1 Å². The van der Waals surface area contributed by atoms with E-state index in [0.29, 0.717) is 11.8 Å². The maximum atomic E-state index is 9.69. The number of carbonyl (C=O) groups excluding carboxylic acids is 1. The Kier molecular flexibility index (Phi) is 4.42. The van der Waals surface area contributed by atoms with E-state index in [9.17, 15) is 9.59 Å². The molecule has 3 N–H and O–H groups in total. The first-order chi connectivity index (χ1) is 10.8. The first-order valence-corrected chi connectivity index (χ1v) is 8.61. The maximum absolute atomic E-state index is 9.69. The molecule has 8 atom stereocenters. The van der Waals surface area contributed by atoms with Crippen molar-refractivity contribution in [3.05, 3.63) is 11.5 Å². The molecule has 0 radical (unpaired) electrons. The second kappa shape index (κ2) is 5.78. The first-order valence-electron chi connectivity index (χ1n) is 8.61. The third-order valence-electron chi connectivity index (χ3n) is 7.61. The van der Waals surface area contributed by atoms with E-state index < -0.39 is 11.9 Å². The van der Waals surface area contributed by atoms with Crippen LogP contribution in [0, 0.1) is 35.5 Å². The van der Waals surface area contributed by atoms with Crippen LogP contribution in [-0.4, -0.2) is 35.2 Å². The van der Waals surface area contributed by atoms with Crippen molar-refractivity contribution in [1.82, 2.24) is 0 Å². The molecule has 0 aliphatic heterocycles. The molecule has 0 aromatic rings. The van der Waals surface area contributed by atoms with E-state index in [1.165, 1.54) is 25.7 Å². The summed E-state index contributed by atoms with van der Waals surface area (Å²) in [6.45, 7) is 0. The Bertz CT molecular complexity index is 537. The average Bonchev–Trinajstić information content (AvgIpc) is 2.52. The zero-order chi connectivity index (χ0) is 16.6. The Morgan fingerprint density at radius 3 is 1.67 bits per heavy atom. The molecule has 7 heteroatoms. The minimum absolute atomic E-state index is 0. The van der Waals surface area contributed by atoms with Gasteiger partial charge in [0.25, 0.3) is 0 Å². The Labute approximate surface area is 156 Å². The summed E-state index contributed by atoms with van der Waals surface area (Å²) in [5, 5.41) is 7.71. The number of carboxylic acid groups (broad SMARTS) is 1. The average molecular weight is 515 g/mol. The van der Waals surface area contributed by atoms with Crippen molar-refractivity contribution in [2.45, 2.75) is 49.6 Å². The topological polar surface area (TPSA) is 111 Å². The quantitative estimate of drug-likeness (QED) is 0.395. The second-order valence-electron chi connectivity index (χ2n) is 8.36. The van der Waals surface area contributed by atoms with Crippen LogP contribution < -0.4 is 0 Å². The van der Waals surface area contributed by atoms with Crippen LogP contribution in [0.25, 0.3) is 11.5 Å². The number of esters is 1. The van der Waals surface area contributed by atoms with Gasteiger partial charge in [0.15, 0.2) is 0 Å². The predicted molar refractivity (Wildman–Crippen MR) is 82.4 cm³/mol. The SMILES string of the molecule is COC(=O)C(=O)O.[NH-]C12CC3CC4C5CC(CC41)CC2([NH-])C5C3.[Pt+2]. The third kappa shape index (κ3) is 2.18. The van der Waals surface area contributed by atoms with Crippen LogP contribution in [0.15, 0.2) is 0 Å². The van der Waals surface area contributed by atoms with Gasteiger partial charge in [-0.25, -0.2) is 9.59 Å². The number of hydrogen-bond acceptors (Lipinski definition) is 3. The predicted octanol–water partition coefficient (Wildman–Crippen LogP) is 2.92. The van der Waals surface area contributed by atoms with Crippen molar-refractivity contribution in [3.63, 3.8) is 0 Å². The molecule has 0 aromatic carbocycles. The smallest absolute Gasteiger partial charge is 0.673 e. The van der Waals surface area contributed by atoms with Gasteiger partial charge in [0, 0.05) is 0 Å². The number of nitrogens with one attached hydrogen (secondary N) is 2. The Balaban J connectivity index is 0.000000185. The normalized spacial score (nSPS) is 51.5. The number of methoxy groups -OCH3 is 1. The van der Waals surface area contributed by atoms with Crippen molar-refractivity contribution in [1.29, 1.82) is 0 Å². The molecule has 6 nitrogen and oxygen atoms in total. The van der Waals surface area contributed by atoms with Crippen LogP contribution >= 0.6 is 0 Å². The number of carboxylic acids is 1. The second-order valence-corrected chi connectivity index (χ2v) is 8.36. The molecule has 7 rings (SSSR count). The van der Waals surface area contributed by atoms with Crippen LogP contribution in [0.2, 0.25) is 0 Å². The number of rotatable bonds is 0. The molecule has 0 heterocycles. The molecule has 7 aliphatic carbocycles. The maximum Gasteiger partial charge on any atom is 2.00 e. The molecule has 136 valence electrons. The van der Waals surface area contributed by atoms with Gasteiger partial charge in [-0.1, -0.05) is 24.7 Å². The molecular weight excluding hydrogens is 491 g/mol. The number of carbonyl (C=O) groups is 2. The van der Waals surface area contributed by atoms with Crippen LogP contribution in [-0.2, 0) is 35.4 Å². The van der Waals surface area contributed by atoms with Gasteiger partial charge < -0.3 is 21.3 Å². The van der Waals surface area contributed by atoms with Crippen molar-refractivity contribution >= 4 is 11.9 Å². The van der Waals surface area contributed by atoms with E-state index >= 15 is 0 Å². The van der Waals surface area contributed by atoms with Crippen LogP contribution in [0.3, 0.4) is 0 Å². The van der Waals surface area contributed by atoms with E-state index in [0.717, 1.165) is 43.6 Å². The van der Waals surface area contributed by atoms with Gasteiger partial charge in [-0.05, 0) is 49.4 Å². The largest absolute Gasteiger partial charge is 2.00 e. The minimum Gasteiger partial charge on any atom is -0.673 e. The molecule has 0 saturated heterocycles. The van der Waals surface area contributed by atoms with Crippen molar-refractivity contribution in [2.75, 3.05) is 7.11 Å². The summed E-state index contributed by atoms with van der Waals surface area (Å²) >= 11 is 0. The first kappa shape index (κ1) is 18.3. The van der Waals surface area contributed by atoms with Crippen LogP contribution in [0.5, 0.6) is 0 Å². The third-order valence-corrected chi connectivity index (χ3v) is 7.61. The monoisotopic (exact) mass is 515 g/mol. The summed E-state index contributed by atoms with van der Waals surface area (Å²) in [5.41, 5.74) is 17.2. The van der Waals surface area contributed by atoms with Crippen LogP contribution in [0.4, 0.5) is 0 Å². The fourth-order valence-corrected chi connectivity index (χ4v) is 7.10. The van der Waals surface area contributed by atoms with E-state index in [-0.39, 0.29) is 32.1 Å². The molecule has 0 aromatic heterocycles. The molecule has 8 unspecified atom stereocenters. The van der Waals surface area contributed by atoms with Crippen molar-refractivity contribution in [2.24, 2.45) is 35.5 Å². The molecule has 7 aliphatic rings.